The average molecular weight is 300 g/mol. The Morgan fingerprint density at radius 1 is 1.23 bits per heavy atom. The quantitative estimate of drug-likeness (QED) is 0.636. The average Bonchev–Trinajstić information content (AvgIpc) is 2.08. The number of hydrogen-bond donors (Lipinski definition) is 0. The lowest BCUT2D eigenvalue weighted by Crippen LogP contribution is -1.73. The summed E-state index contributed by atoms with van der Waals surface area (Å²) in [6, 6.07) is 8.13. The summed E-state index contributed by atoms with van der Waals surface area (Å²) < 4.78 is 0.861. The van der Waals surface area contributed by atoms with Gasteiger partial charge in [-0.05, 0) is 50.9 Å². The van der Waals surface area contributed by atoms with Crippen LogP contribution in [0.25, 0.3) is 0 Å². The van der Waals surface area contributed by atoms with Crippen LogP contribution in [-0.2, 0) is 0 Å². The molecule has 0 radical (unpaired) electrons. The highest BCUT2D eigenvalue weighted by molar-refractivity contribution is 9.28. The Morgan fingerprint density at radius 3 is 2.38 bits per heavy atom. The van der Waals surface area contributed by atoms with Crippen molar-refractivity contribution < 1.29 is 0 Å². The van der Waals surface area contributed by atoms with Gasteiger partial charge in [0.2, 0.25) is 0 Å². The summed E-state index contributed by atoms with van der Waals surface area (Å²) in [7, 11) is 0. The third-order valence-electron chi connectivity index (χ3n) is 1.45. The minimum atomic E-state index is 0.861. The Kier molecular flexibility index (Phi) is 4.27. The fraction of sp³-hybridized carbons (Fsp3) is 0.0909. The van der Waals surface area contributed by atoms with E-state index < -0.39 is 0 Å². The zero-order chi connectivity index (χ0) is 9.68. The number of allylic oxidation sites excluding steroid dienone is 1. The van der Waals surface area contributed by atoms with Crippen molar-refractivity contribution in [3.63, 3.8) is 0 Å². The summed E-state index contributed by atoms with van der Waals surface area (Å²) in [5.41, 5.74) is 2.28. The van der Waals surface area contributed by atoms with E-state index in [1.54, 1.807) is 6.08 Å². The molecule has 2 heteroatoms. The Bertz CT molecular complexity index is 359. The Labute approximate surface area is 95.3 Å². The van der Waals surface area contributed by atoms with Crippen LogP contribution in [0, 0.1) is 18.8 Å². The standard InChI is InChI=1S/C11H8Br2/c1-9-5-7-10(8-6-9)3-2-4-11(12)13/h4-8H,1H3. The van der Waals surface area contributed by atoms with Crippen LogP contribution in [0.4, 0.5) is 0 Å². The molecule has 0 unspecified atom stereocenters. The molecule has 0 aliphatic rings. The zero-order valence-corrected chi connectivity index (χ0v) is 10.3. The van der Waals surface area contributed by atoms with Crippen molar-refractivity contribution >= 4 is 31.9 Å². The summed E-state index contributed by atoms with van der Waals surface area (Å²) in [6.07, 6.45) is 1.76. The molecule has 0 aliphatic heterocycles. The highest BCUT2D eigenvalue weighted by Gasteiger charge is 1.84. The Morgan fingerprint density at radius 2 is 1.85 bits per heavy atom. The summed E-state index contributed by atoms with van der Waals surface area (Å²) in [4.78, 5) is 0. The first-order chi connectivity index (χ1) is 6.18. The van der Waals surface area contributed by atoms with Crippen LogP contribution in [0.2, 0.25) is 0 Å². The van der Waals surface area contributed by atoms with Gasteiger partial charge in [-0.1, -0.05) is 29.5 Å². The number of benzene rings is 1. The molecule has 0 amide bonds. The van der Waals surface area contributed by atoms with E-state index in [-0.39, 0.29) is 0 Å². The topological polar surface area (TPSA) is 0 Å². The van der Waals surface area contributed by atoms with Crippen molar-refractivity contribution in [3.8, 4) is 11.8 Å². The molecule has 1 rings (SSSR count). The van der Waals surface area contributed by atoms with Crippen LogP contribution in [0.1, 0.15) is 11.1 Å². The van der Waals surface area contributed by atoms with Crippen LogP contribution < -0.4 is 0 Å². The molecule has 0 aliphatic carbocycles. The van der Waals surface area contributed by atoms with Gasteiger partial charge in [-0.25, -0.2) is 0 Å². The van der Waals surface area contributed by atoms with Crippen molar-refractivity contribution in [2.45, 2.75) is 6.92 Å². The van der Waals surface area contributed by atoms with Gasteiger partial charge in [0.05, 0.1) is 3.39 Å². The van der Waals surface area contributed by atoms with Gasteiger partial charge in [0, 0.05) is 11.6 Å². The molecule has 0 fully saturated rings. The van der Waals surface area contributed by atoms with Gasteiger partial charge in [-0.15, -0.1) is 0 Å². The largest absolute Gasteiger partial charge is 0.0687 e. The van der Waals surface area contributed by atoms with Gasteiger partial charge in [0.25, 0.3) is 0 Å². The molecule has 1 aromatic rings. The monoisotopic (exact) mass is 298 g/mol. The van der Waals surface area contributed by atoms with E-state index in [2.05, 4.69) is 62.8 Å². The predicted molar refractivity (Wildman–Crippen MR) is 64.0 cm³/mol. The van der Waals surface area contributed by atoms with E-state index in [9.17, 15) is 0 Å². The summed E-state index contributed by atoms with van der Waals surface area (Å²) in [6.45, 7) is 2.06. The lowest BCUT2D eigenvalue weighted by molar-refractivity contribution is 1.46. The molecule has 0 nitrogen and oxygen atoms in total. The molecule has 0 N–H and O–H groups in total. The molecule has 0 atom stereocenters. The van der Waals surface area contributed by atoms with Crippen LogP contribution in [0.3, 0.4) is 0 Å². The molecular formula is C11H8Br2. The summed E-state index contributed by atoms with van der Waals surface area (Å²) in [5, 5.41) is 0. The van der Waals surface area contributed by atoms with Gasteiger partial charge in [0.1, 0.15) is 0 Å². The number of aryl methyl sites for hydroxylation is 1. The van der Waals surface area contributed by atoms with Crippen LogP contribution in [0.15, 0.2) is 33.7 Å². The second kappa shape index (κ2) is 5.26. The van der Waals surface area contributed by atoms with Crippen LogP contribution in [-0.4, -0.2) is 0 Å². The number of hydrogen-bond acceptors (Lipinski definition) is 0. The molecular weight excluding hydrogens is 292 g/mol. The van der Waals surface area contributed by atoms with Crippen LogP contribution >= 0.6 is 31.9 Å². The maximum Gasteiger partial charge on any atom is 0.0687 e. The smallest absolute Gasteiger partial charge is 0.0679 e. The third-order valence-corrected chi connectivity index (χ3v) is 1.91. The van der Waals surface area contributed by atoms with E-state index in [4.69, 9.17) is 0 Å². The second-order valence-corrected chi connectivity index (χ2v) is 5.34. The van der Waals surface area contributed by atoms with Crippen molar-refractivity contribution in [1.82, 2.24) is 0 Å². The predicted octanol–water partition coefficient (Wildman–Crippen LogP) is 3.98. The van der Waals surface area contributed by atoms with E-state index in [1.165, 1.54) is 5.56 Å². The van der Waals surface area contributed by atoms with E-state index in [0.717, 1.165) is 8.96 Å². The molecule has 66 valence electrons. The van der Waals surface area contributed by atoms with E-state index >= 15 is 0 Å². The van der Waals surface area contributed by atoms with E-state index in [1.807, 2.05) is 12.1 Å². The summed E-state index contributed by atoms with van der Waals surface area (Å²) in [5.74, 6) is 5.93. The second-order valence-electron chi connectivity index (χ2n) is 2.57. The number of halogens is 2. The Hall–Kier alpha value is -0.520. The number of rotatable bonds is 0. The molecule has 1 aromatic carbocycles. The van der Waals surface area contributed by atoms with Crippen molar-refractivity contribution in [1.29, 1.82) is 0 Å². The van der Waals surface area contributed by atoms with E-state index in [0.29, 0.717) is 0 Å². The lowest BCUT2D eigenvalue weighted by Gasteiger charge is -1.90. The molecule has 0 spiro atoms. The first-order valence-corrected chi connectivity index (χ1v) is 5.36. The molecule has 0 saturated carbocycles. The lowest BCUT2D eigenvalue weighted by atomic mass is 10.2. The van der Waals surface area contributed by atoms with Crippen molar-refractivity contribution in [2.24, 2.45) is 0 Å². The molecule has 0 bridgehead atoms. The fourth-order valence-electron chi connectivity index (χ4n) is 0.811. The highest BCUT2D eigenvalue weighted by atomic mass is 79.9. The minimum absolute atomic E-state index is 0.861. The highest BCUT2D eigenvalue weighted by Crippen LogP contribution is 2.11. The van der Waals surface area contributed by atoms with Gasteiger partial charge in [-0.3, -0.25) is 0 Å². The SMILES string of the molecule is Cc1ccc(C#CC=C(Br)Br)cc1. The molecule has 13 heavy (non-hydrogen) atoms. The van der Waals surface area contributed by atoms with Gasteiger partial charge >= 0.3 is 0 Å². The van der Waals surface area contributed by atoms with Gasteiger partial charge in [-0.2, -0.15) is 0 Å². The molecule has 0 aromatic heterocycles. The zero-order valence-electron chi connectivity index (χ0n) is 7.14. The maximum atomic E-state index is 3.23. The van der Waals surface area contributed by atoms with Crippen molar-refractivity contribution in [2.75, 3.05) is 0 Å². The first kappa shape index (κ1) is 10.6. The maximum absolute atomic E-state index is 3.23. The van der Waals surface area contributed by atoms with Crippen LogP contribution in [0.5, 0.6) is 0 Å². The minimum Gasteiger partial charge on any atom is -0.0679 e. The third kappa shape index (κ3) is 4.31. The first-order valence-electron chi connectivity index (χ1n) is 3.78. The molecule has 0 saturated heterocycles. The molecule has 0 heterocycles. The fourth-order valence-corrected chi connectivity index (χ4v) is 1.04. The summed E-state index contributed by atoms with van der Waals surface area (Å²) >= 11 is 6.47. The van der Waals surface area contributed by atoms with Crippen molar-refractivity contribution in [3.05, 3.63) is 44.9 Å². The van der Waals surface area contributed by atoms with Gasteiger partial charge < -0.3 is 0 Å². The Balaban J connectivity index is 2.79. The van der Waals surface area contributed by atoms with Gasteiger partial charge in [0.15, 0.2) is 0 Å². The normalized spacial score (nSPS) is 8.54.